The predicted octanol–water partition coefficient (Wildman–Crippen LogP) is 1.51. The molecular weight excluding hydrogens is 256 g/mol. The fourth-order valence-electron chi connectivity index (χ4n) is 1.99. The number of nitrogens with one attached hydrogen (secondary N) is 1. The number of carbonyl (C=O) groups excluding carboxylic acids is 1. The van der Waals surface area contributed by atoms with Gasteiger partial charge >= 0.3 is 5.97 Å². The Morgan fingerprint density at radius 1 is 1.56 bits per heavy atom. The van der Waals surface area contributed by atoms with Crippen molar-refractivity contribution in [3.05, 3.63) is 11.3 Å². The number of carboxylic acids is 1. The van der Waals surface area contributed by atoms with Gasteiger partial charge in [-0.05, 0) is 31.8 Å². The third kappa shape index (κ3) is 2.37. The zero-order chi connectivity index (χ0) is 13.3. The molecule has 1 aromatic heterocycles. The number of aryl methyl sites for hydroxylation is 1. The second kappa shape index (κ2) is 5.03. The van der Waals surface area contributed by atoms with Crippen molar-refractivity contribution in [1.82, 2.24) is 4.37 Å². The number of carbonyl (C=O) groups is 2. The lowest BCUT2D eigenvalue weighted by molar-refractivity contribution is -0.121. The van der Waals surface area contributed by atoms with Crippen LogP contribution in [0.1, 0.15) is 29.4 Å². The first-order valence-corrected chi connectivity index (χ1v) is 6.40. The SMILES string of the molecule is Cc1nsc(NC(=O)C2CCOC2C)c1C(=O)O. The number of carboxylic acid groups (broad SMARTS) is 1. The smallest absolute Gasteiger partial charge is 0.340 e. The van der Waals surface area contributed by atoms with Gasteiger partial charge < -0.3 is 15.2 Å². The number of rotatable bonds is 3. The number of nitrogens with zero attached hydrogens (tertiary/aromatic N) is 1. The molecule has 6 nitrogen and oxygen atoms in total. The molecular formula is C11H14N2O4S. The van der Waals surface area contributed by atoms with Crippen LogP contribution in [0.15, 0.2) is 0 Å². The summed E-state index contributed by atoms with van der Waals surface area (Å²) in [7, 11) is 0. The van der Waals surface area contributed by atoms with Crippen LogP contribution in [0.25, 0.3) is 0 Å². The summed E-state index contributed by atoms with van der Waals surface area (Å²) in [6.45, 7) is 4.01. The minimum absolute atomic E-state index is 0.0694. The maximum atomic E-state index is 12.0. The number of aromatic carboxylic acids is 1. The van der Waals surface area contributed by atoms with Gasteiger partial charge in [-0.15, -0.1) is 0 Å². The van der Waals surface area contributed by atoms with Crippen LogP contribution >= 0.6 is 11.5 Å². The van der Waals surface area contributed by atoms with Gasteiger partial charge in [-0.25, -0.2) is 4.79 Å². The molecule has 1 aliphatic heterocycles. The standard InChI is InChI=1S/C11H14N2O4S/c1-5-8(11(15)16)10(18-13-5)12-9(14)7-3-4-17-6(7)2/h6-7H,3-4H2,1-2H3,(H,12,14)(H,15,16). The van der Waals surface area contributed by atoms with Crippen LogP contribution in [0, 0.1) is 12.8 Å². The molecule has 98 valence electrons. The molecule has 0 aromatic carbocycles. The molecule has 0 aliphatic carbocycles. The van der Waals surface area contributed by atoms with Crippen LogP contribution in [0.3, 0.4) is 0 Å². The van der Waals surface area contributed by atoms with Crippen LogP contribution in [0.2, 0.25) is 0 Å². The van der Waals surface area contributed by atoms with Crippen molar-refractivity contribution < 1.29 is 19.4 Å². The number of ether oxygens (including phenoxy) is 1. The fraction of sp³-hybridized carbons (Fsp3) is 0.545. The van der Waals surface area contributed by atoms with Crippen LogP contribution in [-0.2, 0) is 9.53 Å². The van der Waals surface area contributed by atoms with Crippen molar-refractivity contribution in [2.24, 2.45) is 5.92 Å². The van der Waals surface area contributed by atoms with E-state index in [1.807, 2.05) is 6.92 Å². The number of anilines is 1. The number of hydrogen-bond acceptors (Lipinski definition) is 5. The topological polar surface area (TPSA) is 88.5 Å². The molecule has 18 heavy (non-hydrogen) atoms. The third-order valence-corrected chi connectivity index (χ3v) is 3.88. The Morgan fingerprint density at radius 3 is 2.83 bits per heavy atom. The van der Waals surface area contributed by atoms with Crippen LogP contribution < -0.4 is 5.32 Å². The quantitative estimate of drug-likeness (QED) is 0.869. The molecule has 2 unspecified atom stereocenters. The van der Waals surface area contributed by atoms with E-state index in [-0.39, 0.29) is 23.5 Å². The van der Waals surface area contributed by atoms with E-state index in [9.17, 15) is 9.59 Å². The van der Waals surface area contributed by atoms with E-state index in [2.05, 4.69) is 9.69 Å². The Kier molecular flexibility index (Phi) is 3.63. The highest BCUT2D eigenvalue weighted by Gasteiger charge is 2.32. The predicted molar refractivity (Wildman–Crippen MR) is 66.0 cm³/mol. The van der Waals surface area contributed by atoms with E-state index in [1.54, 1.807) is 6.92 Å². The largest absolute Gasteiger partial charge is 0.478 e. The fourth-order valence-corrected chi connectivity index (χ4v) is 2.78. The van der Waals surface area contributed by atoms with Gasteiger partial charge in [0.1, 0.15) is 10.6 Å². The first kappa shape index (κ1) is 13.0. The lowest BCUT2D eigenvalue weighted by Crippen LogP contribution is -2.28. The highest BCUT2D eigenvalue weighted by Crippen LogP contribution is 2.27. The summed E-state index contributed by atoms with van der Waals surface area (Å²) < 4.78 is 9.27. The highest BCUT2D eigenvalue weighted by atomic mass is 32.1. The summed E-state index contributed by atoms with van der Waals surface area (Å²) in [5.74, 6) is -1.51. The average Bonchev–Trinajstić information content (AvgIpc) is 2.85. The summed E-state index contributed by atoms with van der Waals surface area (Å²) in [6.07, 6.45) is 0.528. The molecule has 1 amide bonds. The van der Waals surface area contributed by atoms with Crippen molar-refractivity contribution >= 4 is 28.4 Å². The molecule has 1 aromatic rings. The van der Waals surface area contributed by atoms with E-state index in [0.29, 0.717) is 23.7 Å². The first-order valence-electron chi connectivity index (χ1n) is 5.62. The Bertz CT molecular complexity index is 485. The maximum Gasteiger partial charge on any atom is 0.340 e. The number of hydrogen-bond donors (Lipinski definition) is 2. The van der Waals surface area contributed by atoms with E-state index in [4.69, 9.17) is 9.84 Å². The Balaban J connectivity index is 2.14. The second-order valence-electron chi connectivity index (χ2n) is 4.24. The van der Waals surface area contributed by atoms with Crippen molar-refractivity contribution in [3.63, 3.8) is 0 Å². The molecule has 1 aliphatic rings. The van der Waals surface area contributed by atoms with Crippen LogP contribution in [0.5, 0.6) is 0 Å². The molecule has 0 spiro atoms. The molecule has 2 rings (SSSR count). The van der Waals surface area contributed by atoms with Crippen molar-refractivity contribution in [2.45, 2.75) is 26.4 Å². The molecule has 2 atom stereocenters. The lowest BCUT2D eigenvalue weighted by Gasteiger charge is -2.13. The molecule has 1 saturated heterocycles. The van der Waals surface area contributed by atoms with Gasteiger partial charge in [0.15, 0.2) is 0 Å². The Morgan fingerprint density at radius 2 is 2.28 bits per heavy atom. The third-order valence-electron chi connectivity index (χ3n) is 3.03. The Labute approximate surface area is 108 Å². The summed E-state index contributed by atoms with van der Waals surface area (Å²) in [5, 5.41) is 12.0. The molecule has 0 bridgehead atoms. The minimum atomic E-state index is -1.08. The summed E-state index contributed by atoms with van der Waals surface area (Å²) in [4.78, 5) is 23.1. The molecule has 1 fully saturated rings. The van der Waals surface area contributed by atoms with Crippen LogP contribution in [0.4, 0.5) is 5.00 Å². The van der Waals surface area contributed by atoms with Gasteiger partial charge in [-0.3, -0.25) is 4.79 Å². The van der Waals surface area contributed by atoms with Gasteiger partial charge in [0, 0.05) is 6.61 Å². The van der Waals surface area contributed by atoms with Gasteiger partial charge in [-0.1, -0.05) is 0 Å². The van der Waals surface area contributed by atoms with Gasteiger partial charge in [-0.2, -0.15) is 4.37 Å². The van der Waals surface area contributed by atoms with Crippen molar-refractivity contribution in [3.8, 4) is 0 Å². The average molecular weight is 270 g/mol. The summed E-state index contributed by atoms with van der Waals surface area (Å²) >= 11 is 0.989. The van der Waals surface area contributed by atoms with E-state index in [0.717, 1.165) is 11.5 Å². The molecule has 0 radical (unpaired) electrons. The van der Waals surface area contributed by atoms with E-state index < -0.39 is 5.97 Å². The van der Waals surface area contributed by atoms with E-state index in [1.165, 1.54) is 0 Å². The summed E-state index contributed by atoms with van der Waals surface area (Å²) in [5.41, 5.74) is 0.485. The maximum absolute atomic E-state index is 12.0. The molecule has 7 heteroatoms. The second-order valence-corrected chi connectivity index (χ2v) is 5.01. The van der Waals surface area contributed by atoms with Crippen molar-refractivity contribution in [1.29, 1.82) is 0 Å². The Hall–Kier alpha value is -1.47. The summed E-state index contributed by atoms with van der Waals surface area (Å²) in [6, 6.07) is 0. The van der Waals surface area contributed by atoms with Gasteiger partial charge in [0.2, 0.25) is 5.91 Å². The molecule has 2 heterocycles. The molecule has 2 N–H and O–H groups in total. The first-order chi connectivity index (χ1) is 8.50. The zero-order valence-electron chi connectivity index (χ0n) is 10.1. The minimum Gasteiger partial charge on any atom is -0.478 e. The number of amides is 1. The normalized spacial score (nSPS) is 23.0. The zero-order valence-corrected chi connectivity index (χ0v) is 10.9. The van der Waals surface area contributed by atoms with Crippen LogP contribution in [-0.4, -0.2) is 34.1 Å². The van der Waals surface area contributed by atoms with Gasteiger partial charge in [0.25, 0.3) is 0 Å². The monoisotopic (exact) mass is 270 g/mol. The van der Waals surface area contributed by atoms with E-state index >= 15 is 0 Å². The van der Waals surface area contributed by atoms with Crippen molar-refractivity contribution in [2.75, 3.05) is 11.9 Å². The van der Waals surface area contributed by atoms with Gasteiger partial charge in [0.05, 0.1) is 17.7 Å². The molecule has 0 saturated carbocycles. The number of aromatic nitrogens is 1. The highest BCUT2D eigenvalue weighted by molar-refractivity contribution is 7.11. The lowest BCUT2D eigenvalue weighted by atomic mass is 10.0.